The summed E-state index contributed by atoms with van der Waals surface area (Å²) in [5, 5.41) is 2.78. The van der Waals surface area contributed by atoms with Gasteiger partial charge in [-0.2, -0.15) is 0 Å². The molecule has 0 aliphatic carbocycles. The van der Waals surface area contributed by atoms with Crippen LogP contribution >= 0.6 is 0 Å². The molecule has 0 aromatic carbocycles. The zero-order valence-corrected chi connectivity index (χ0v) is 10.4. The number of carbonyl (C=O) groups is 2. The Balaban J connectivity index is 2.16. The number of amides is 1. The topological polar surface area (TPSA) is 64.6 Å². The van der Waals surface area contributed by atoms with E-state index in [1.807, 2.05) is 6.42 Å². The molecule has 3 radical (unpaired) electrons. The Hall–Kier alpha value is -1.36. The van der Waals surface area contributed by atoms with Gasteiger partial charge in [0.05, 0.1) is 12.1 Å². The van der Waals surface area contributed by atoms with Gasteiger partial charge in [0.2, 0.25) is 5.91 Å². The highest BCUT2D eigenvalue weighted by Gasteiger charge is 2.24. The number of nitrogens with one attached hydrogen (secondary N) is 1. The lowest BCUT2D eigenvalue weighted by molar-refractivity contribution is -0.144. The molecule has 1 amide bonds. The number of carbonyl (C=O) groups excluding carboxylic acids is 2. The standard InChI is InChI=1S/C13H18NO4/c1-3-4-5-13(16)14-11-6-7-12(18-8-11)9-17-10(2)15/h3,6-8,11-12H,1,4-5,9H2,2H3,(H,14,16)/t11-,12-/m1/s1. The van der Waals surface area contributed by atoms with Gasteiger partial charge in [-0.1, -0.05) is 6.08 Å². The van der Waals surface area contributed by atoms with E-state index in [0.29, 0.717) is 12.8 Å². The molecule has 1 aliphatic rings. The smallest absolute Gasteiger partial charge is 0.302 e. The molecule has 0 aromatic rings. The number of rotatable bonds is 6. The Morgan fingerprint density at radius 1 is 1.50 bits per heavy atom. The fourth-order valence-corrected chi connectivity index (χ4v) is 1.39. The maximum Gasteiger partial charge on any atom is 0.302 e. The average molecular weight is 252 g/mol. The lowest BCUT2D eigenvalue weighted by atomic mass is 10.1. The van der Waals surface area contributed by atoms with E-state index in [9.17, 15) is 9.59 Å². The summed E-state index contributed by atoms with van der Waals surface area (Å²) in [6.07, 6.45) is 6.06. The molecule has 1 aliphatic heterocycles. The van der Waals surface area contributed by atoms with Gasteiger partial charge in [-0.05, 0) is 19.3 Å². The summed E-state index contributed by atoms with van der Waals surface area (Å²) < 4.78 is 10.1. The number of esters is 1. The third-order valence-corrected chi connectivity index (χ3v) is 2.29. The van der Waals surface area contributed by atoms with Crippen molar-refractivity contribution in [3.63, 3.8) is 0 Å². The lowest BCUT2D eigenvalue weighted by Gasteiger charge is -2.28. The monoisotopic (exact) mass is 252 g/mol. The third-order valence-electron chi connectivity index (χ3n) is 2.29. The minimum absolute atomic E-state index is 0.0529. The second-order valence-corrected chi connectivity index (χ2v) is 3.92. The molecule has 1 saturated heterocycles. The molecule has 0 bridgehead atoms. The second kappa shape index (κ2) is 7.87. The van der Waals surface area contributed by atoms with Crippen molar-refractivity contribution in [2.24, 2.45) is 0 Å². The maximum absolute atomic E-state index is 11.4. The van der Waals surface area contributed by atoms with E-state index in [-0.39, 0.29) is 30.6 Å². The SMILES string of the molecule is C=CCCC(=O)N[C@@H]1[CH][CH][C@H](COC(C)=O)O[CH]1. The molecule has 1 N–H and O–H groups in total. The van der Waals surface area contributed by atoms with Crippen molar-refractivity contribution in [3.8, 4) is 0 Å². The first-order valence-corrected chi connectivity index (χ1v) is 5.82. The summed E-state index contributed by atoms with van der Waals surface area (Å²) in [5.41, 5.74) is 0. The molecule has 18 heavy (non-hydrogen) atoms. The van der Waals surface area contributed by atoms with Gasteiger partial charge in [0, 0.05) is 13.3 Å². The Labute approximate surface area is 108 Å². The Morgan fingerprint density at radius 2 is 2.28 bits per heavy atom. The van der Waals surface area contributed by atoms with E-state index >= 15 is 0 Å². The van der Waals surface area contributed by atoms with Crippen molar-refractivity contribution in [1.29, 1.82) is 0 Å². The Bertz CT molecular complexity index is 295. The number of hydrogen-bond donors (Lipinski definition) is 1. The van der Waals surface area contributed by atoms with Crippen LogP contribution in [0.2, 0.25) is 0 Å². The highest BCUT2D eigenvalue weighted by atomic mass is 16.6. The van der Waals surface area contributed by atoms with E-state index in [1.165, 1.54) is 13.5 Å². The van der Waals surface area contributed by atoms with Crippen LogP contribution in [0.15, 0.2) is 12.7 Å². The minimum atomic E-state index is -0.341. The van der Waals surface area contributed by atoms with Gasteiger partial charge in [-0.3, -0.25) is 9.59 Å². The number of ether oxygens (including phenoxy) is 2. The summed E-state index contributed by atoms with van der Waals surface area (Å²) in [4.78, 5) is 22.0. The van der Waals surface area contributed by atoms with Crippen LogP contribution in [-0.4, -0.2) is 30.6 Å². The Morgan fingerprint density at radius 3 is 2.83 bits per heavy atom. The normalized spacial score (nSPS) is 23.2. The van der Waals surface area contributed by atoms with Crippen LogP contribution in [0, 0.1) is 19.4 Å². The Kier molecular flexibility index (Phi) is 6.43. The minimum Gasteiger partial charge on any atom is -0.463 e. The van der Waals surface area contributed by atoms with Gasteiger partial charge < -0.3 is 14.8 Å². The first-order valence-electron chi connectivity index (χ1n) is 5.82. The summed E-state index contributed by atoms with van der Waals surface area (Å²) >= 11 is 0. The van der Waals surface area contributed by atoms with Crippen LogP contribution in [0.1, 0.15) is 19.8 Å². The van der Waals surface area contributed by atoms with Crippen LogP contribution in [0.5, 0.6) is 0 Å². The molecule has 0 spiro atoms. The quantitative estimate of drug-likeness (QED) is 0.565. The fourth-order valence-electron chi connectivity index (χ4n) is 1.39. The van der Waals surface area contributed by atoms with E-state index in [4.69, 9.17) is 9.47 Å². The predicted octanol–water partition coefficient (Wildman–Crippen LogP) is 0.970. The molecule has 2 atom stereocenters. The van der Waals surface area contributed by atoms with Crippen LogP contribution in [-0.2, 0) is 19.1 Å². The molecule has 1 fully saturated rings. The van der Waals surface area contributed by atoms with Crippen LogP contribution in [0.25, 0.3) is 0 Å². The molecule has 0 unspecified atom stereocenters. The summed E-state index contributed by atoms with van der Waals surface area (Å²) in [6.45, 7) is 6.61. The van der Waals surface area contributed by atoms with E-state index in [1.54, 1.807) is 12.5 Å². The third kappa shape index (κ3) is 5.82. The first-order chi connectivity index (χ1) is 8.61. The summed E-state index contributed by atoms with van der Waals surface area (Å²) in [6, 6.07) is -0.240. The van der Waals surface area contributed by atoms with Crippen molar-refractivity contribution in [2.45, 2.75) is 31.9 Å². The largest absolute Gasteiger partial charge is 0.463 e. The molecule has 1 heterocycles. The van der Waals surface area contributed by atoms with Gasteiger partial charge in [0.15, 0.2) is 0 Å². The van der Waals surface area contributed by atoms with Gasteiger partial charge in [0.1, 0.15) is 13.2 Å². The molecule has 99 valence electrons. The molecule has 0 aromatic heterocycles. The zero-order valence-electron chi connectivity index (χ0n) is 10.4. The highest BCUT2D eigenvalue weighted by molar-refractivity contribution is 5.76. The van der Waals surface area contributed by atoms with Gasteiger partial charge >= 0.3 is 5.97 Å². The molecular formula is C13H18NO4. The zero-order chi connectivity index (χ0) is 13.4. The summed E-state index contributed by atoms with van der Waals surface area (Å²) in [5.74, 6) is -0.394. The van der Waals surface area contributed by atoms with Crippen molar-refractivity contribution >= 4 is 11.9 Å². The average Bonchev–Trinajstić information content (AvgIpc) is 2.35. The lowest BCUT2D eigenvalue weighted by Crippen LogP contribution is -2.41. The molecular weight excluding hydrogens is 234 g/mol. The number of allylic oxidation sites excluding steroid dienone is 1. The first kappa shape index (κ1) is 14.7. The second-order valence-electron chi connectivity index (χ2n) is 3.92. The molecule has 5 nitrogen and oxygen atoms in total. The highest BCUT2D eigenvalue weighted by Crippen LogP contribution is 2.15. The van der Waals surface area contributed by atoms with Crippen molar-refractivity contribution < 1.29 is 19.1 Å². The number of hydrogen-bond acceptors (Lipinski definition) is 4. The molecule has 0 saturated carbocycles. The van der Waals surface area contributed by atoms with E-state index in [2.05, 4.69) is 11.9 Å². The summed E-state index contributed by atoms with van der Waals surface area (Å²) in [7, 11) is 0. The van der Waals surface area contributed by atoms with Crippen LogP contribution in [0.3, 0.4) is 0 Å². The van der Waals surface area contributed by atoms with Crippen LogP contribution < -0.4 is 5.32 Å². The van der Waals surface area contributed by atoms with Gasteiger partial charge in [-0.15, -0.1) is 6.58 Å². The van der Waals surface area contributed by atoms with E-state index in [0.717, 1.165) is 0 Å². The molecule has 1 rings (SSSR count). The van der Waals surface area contributed by atoms with Crippen molar-refractivity contribution in [2.75, 3.05) is 6.61 Å². The maximum atomic E-state index is 11.4. The van der Waals surface area contributed by atoms with Crippen molar-refractivity contribution in [3.05, 3.63) is 32.1 Å². The van der Waals surface area contributed by atoms with Gasteiger partial charge in [0.25, 0.3) is 0 Å². The van der Waals surface area contributed by atoms with E-state index < -0.39 is 0 Å². The molecule has 5 heteroatoms. The fraction of sp³-hybridized carbons (Fsp3) is 0.462. The van der Waals surface area contributed by atoms with Crippen molar-refractivity contribution in [1.82, 2.24) is 5.32 Å². The predicted molar refractivity (Wildman–Crippen MR) is 65.8 cm³/mol. The van der Waals surface area contributed by atoms with Crippen LogP contribution in [0.4, 0.5) is 0 Å². The van der Waals surface area contributed by atoms with Gasteiger partial charge in [-0.25, -0.2) is 0 Å².